The van der Waals surface area contributed by atoms with Crippen LogP contribution in [0.3, 0.4) is 0 Å². The summed E-state index contributed by atoms with van der Waals surface area (Å²) in [5, 5.41) is 19.9. The first-order valence-corrected chi connectivity index (χ1v) is 10.7. The van der Waals surface area contributed by atoms with Gasteiger partial charge in [0.15, 0.2) is 5.96 Å². The Labute approximate surface area is 206 Å². The fourth-order valence-corrected chi connectivity index (χ4v) is 3.36. The number of carbonyl (C=O) groups is 1. The van der Waals surface area contributed by atoms with Crippen LogP contribution in [0.15, 0.2) is 52.1 Å². The Morgan fingerprint density at radius 1 is 1.25 bits per heavy atom. The molecule has 4 N–H and O–H groups in total. The number of nitrogens with one attached hydrogen (secondary N) is 3. The third-order valence-electron chi connectivity index (χ3n) is 5.12. The molecule has 176 valence electrons. The maximum Gasteiger partial charge on any atom is 0.251 e. The zero-order chi connectivity index (χ0) is 22.1. The highest BCUT2D eigenvalue weighted by atomic mass is 127. The van der Waals surface area contributed by atoms with Crippen LogP contribution < -0.4 is 16.0 Å². The number of furan rings is 1. The second-order valence-electron chi connectivity index (χ2n) is 7.85. The maximum atomic E-state index is 12.5. The molecule has 0 spiro atoms. The van der Waals surface area contributed by atoms with Gasteiger partial charge in [0.2, 0.25) is 0 Å². The Kier molecular flexibility index (Phi) is 10.5. The highest BCUT2D eigenvalue weighted by Gasteiger charge is 2.26. The first-order chi connectivity index (χ1) is 15.0. The van der Waals surface area contributed by atoms with E-state index in [9.17, 15) is 9.90 Å². The van der Waals surface area contributed by atoms with Crippen molar-refractivity contribution in [1.29, 1.82) is 0 Å². The smallest absolute Gasteiger partial charge is 0.251 e. The second-order valence-corrected chi connectivity index (χ2v) is 7.85. The quantitative estimate of drug-likeness (QED) is 0.215. The van der Waals surface area contributed by atoms with Gasteiger partial charge >= 0.3 is 0 Å². The molecule has 32 heavy (non-hydrogen) atoms. The van der Waals surface area contributed by atoms with Crippen molar-refractivity contribution < 1.29 is 19.1 Å². The fraction of sp³-hybridized carbons (Fsp3) is 0.478. The number of aliphatic imine (C=N–C) groups is 1. The minimum Gasteiger partial charge on any atom is -0.466 e. The minimum atomic E-state index is -1.17. The summed E-state index contributed by atoms with van der Waals surface area (Å²) in [5.41, 5.74) is 0.352. The molecule has 0 aliphatic carbocycles. The van der Waals surface area contributed by atoms with E-state index in [2.05, 4.69) is 20.9 Å². The van der Waals surface area contributed by atoms with Crippen LogP contribution in [0.4, 0.5) is 0 Å². The summed E-state index contributed by atoms with van der Waals surface area (Å²) in [6.45, 7) is 6.27. The van der Waals surface area contributed by atoms with Gasteiger partial charge in [-0.05, 0) is 56.5 Å². The SMILES string of the molecule is CCNC(=NCc1cccc(C(=O)NCC2CCCO2)c1)NCC(C)(O)c1ccco1.I. The summed E-state index contributed by atoms with van der Waals surface area (Å²) < 4.78 is 10.9. The number of carbonyl (C=O) groups excluding carboxylic acids is 1. The molecule has 1 amide bonds. The number of rotatable bonds is 9. The normalized spacial score (nSPS) is 17.8. The molecular formula is C23H33IN4O4. The monoisotopic (exact) mass is 556 g/mol. The second kappa shape index (κ2) is 12.8. The molecule has 0 radical (unpaired) electrons. The van der Waals surface area contributed by atoms with E-state index in [4.69, 9.17) is 9.15 Å². The number of hydrogen-bond donors (Lipinski definition) is 4. The molecule has 2 heterocycles. The van der Waals surface area contributed by atoms with Crippen molar-refractivity contribution in [3.63, 3.8) is 0 Å². The summed E-state index contributed by atoms with van der Waals surface area (Å²) >= 11 is 0. The molecule has 0 saturated carbocycles. The third kappa shape index (κ3) is 7.79. The van der Waals surface area contributed by atoms with E-state index in [0.717, 1.165) is 25.0 Å². The maximum absolute atomic E-state index is 12.5. The Hall–Kier alpha value is -2.11. The van der Waals surface area contributed by atoms with Gasteiger partial charge in [0.1, 0.15) is 11.4 Å². The Morgan fingerprint density at radius 3 is 2.78 bits per heavy atom. The lowest BCUT2D eigenvalue weighted by molar-refractivity contribution is 0.0386. The van der Waals surface area contributed by atoms with E-state index in [1.807, 2.05) is 25.1 Å². The molecule has 1 aromatic carbocycles. The van der Waals surface area contributed by atoms with Crippen LogP contribution in [0.25, 0.3) is 0 Å². The highest BCUT2D eigenvalue weighted by molar-refractivity contribution is 14.0. The molecular weight excluding hydrogens is 523 g/mol. The summed E-state index contributed by atoms with van der Waals surface area (Å²) in [4.78, 5) is 17.0. The highest BCUT2D eigenvalue weighted by Crippen LogP contribution is 2.19. The Balaban J connectivity index is 0.00000363. The molecule has 1 fully saturated rings. The van der Waals surface area contributed by atoms with Crippen LogP contribution in [0, 0.1) is 0 Å². The number of guanidine groups is 1. The number of halogens is 1. The molecule has 8 nitrogen and oxygen atoms in total. The Morgan fingerprint density at radius 2 is 2.09 bits per heavy atom. The van der Waals surface area contributed by atoms with E-state index in [-0.39, 0.29) is 42.5 Å². The summed E-state index contributed by atoms with van der Waals surface area (Å²) in [7, 11) is 0. The first-order valence-electron chi connectivity index (χ1n) is 10.7. The molecule has 3 rings (SSSR count). The van der Waals surface area contributed by atoms with Crippen LogP contribution in [-0.2, 0) is 16.9 Å². The van der Waals surface area contributed by atoms with Gasteiger partial charge in [-0.2, -0.15) is 0 Å². The number of benzene rings is 1. The topological polar surface area (TPSA) is 108 Å². The van der Waals surface area contributed by atoms with Gasteiger partial charge in [-0.15, -0.1) is 24.0 Å². The zero-order valence-electron chi connectivity index (χ0n) is 18.6. The lowest BCUT2D eigenvalue weighted by atomic mass is 10.0. The molecule has 9 heteroatoms. The van der Waals surface area contributed by atoms with Crippen LogP contribution >= 0.6 is 24.0 Å². The van der Waals surface area contributed by atoms with Gasteiger partial charge in [-0.1, -0.05) is 12.1 Å². The molecule has 2 aromatic rings. The van der Waals surface area contributed by atoms with Crippen molar-refractivity contribution in [2.75, 3.05) is 26.2 Å². The summed E-state index contributed by atoms with van der Waals surface area (Å²) in [6.07, 6.45) is 3.69. The van der Waals surface area contributed by atoms with Gasteiger partial charge in [-0.3, -0.25) is 4.79 Å². The zero-order valence-corrected chi connectivity index (χ0v) is 20.9. The molecule has 2 unspecified atom stereocenters. The van der Waals surface area contributed by atoms with Crippen LogP contribution in [0.5, 0.6) is 0 Å². The number of aliphatic hydroxyl groups is 1. The van der Waals surface area contributed by atoms with Gasteiger partial charge in [-0.25, -0.2) is 4.99 Å². The van der Waals surface area contributed by atoms with Gasteiger partial charge in [0.05, 0.1) is 25.5 Å². The van der Waals surface area contributed by atoms with Crippen molar-refractivity contribution in [3.8, 4) is 0 Å². The molecule has 1 aliphatic rings. The molecule has 0 bridgehead atoms. The van der Waals surface area contributed by atoms with E-state index in [1.165, 1.54) is 6.26 Å². The average Bonchev–Trinajstić information content (AvgIpc) is 3.49. The predicted molar refractivity (Wildman–Crippen MR) is 134 cm³/mol. The predicted octanol–water partition coefficient (Wildman–Crippen LogP) is 2.77. The van der Waals surface area contributed by atoms with E-state index < -0.39 is 5.60 Å². The van der Waals surface area contributed by atoms with E-state index >= 15 is 0 Å². The standard InChI is InChI=1S/C23H32N4O4.HI/c1-3-24-22(27-16-23(2,29)20-10-6-12-31-20)26-14-17-7-4-8-18(13-17)21(28)25-15-19-9-5-11-30-19;/h4,6-8,10,12-13,19,29H,3,5,9,11,14-16H2,1-2H3,(H,25,28)(H2,24,26,27);1H. The molecule has 1 aliphatic heterocycles. The molecule has 2 atom stereocenters. The van der Waals surface area contributed by atoms with Crippen molar-refractivity contribution in [2.24, 2.45) is 4.99 Å². The summed E-state index contributed by atoms with van der Waals surface area (Å²) in [6, 6.07) is 10.9. The average molecular weight is 556 g/mol. The molecule has 1 saturated heterocycles. The van der Waals surface area contributed by atoms with Crippen LogP contribution in [-0.4, -0.2) is 49.3 Å². The third-order valence-corrected chi connectivity index (χ3v) is 5.12. The fourth-order valence-electron chi connectivity index (χ4n) is 3.36. The van der Waals surface area contributed by atoms with Crippen LogP contribution in [0.2, 0.25) is 0 Å². The van der Waals surface area contributed by atoms with E-state index in [1.54, 1.807) is 25.1 Å². The number of ether oxygens (including phenoxy) is 1. The van der Waals surface area contributed by atoms with Crippen molar-refractivity contribution in [2.45, 2.75) is 44.9 Å². The van der Waals surface area contributed by atoms with Crippen molar-refractivity contribution in [1.82, 2.24) is 16.0 Å². The van der Waals surface area contributed by atoms with Gasteiger partial charge < -0.3 is 30.2 Å². The number of nitrogens with zero attached hydrogens (tertiary/aromatic N) is 1. The Bertz CT molecular complexity index is 865. The molecule has 1 aromatic heterocycles. The summed E-state index contributed by atoms with van der Waals surface area (Å²) in [5.74, 6) is 0.945. The lowest BCUT2D eigenvalue weighted by Gasteiger charge is -2.22. The largest absolute Gasteiger partial charge is 0.466 e. The van der Waals surface area contributed by atoms with Crippen LogP contribution in [0.1, 0.15) is 48.4 Å². The minimum absolute atomic E-state index is 0. The van der Waals surface area contributed by atoms with Crippen molar-refractivity contribution >= 4 is 35.8 Å². The van der Waals surface area contributed by atoms with Gasteiger partial charge in [0.25, 0.3) is 5.91 Å². The number of amides is 1. The van der Waals surface area contributed by atoms with Gasteiger partial charge in [0, 0.05) is 25.3 Å². The number of hydrogen-bond acceptors (Lipinski definition) is 5. The van der Waals surface area contributed by atoms with Crippen molar-refractivity contribution in [3.05, 3.63) is 59.5 Å². The van der Waals surface area contributed by atoms with E-state index in [0.29, 0.717) is 36.9 Å². The lowest BCUT2D eigenvalue weighted by Crippen LogP contribution is -2.44. The first kappa shape index (κ1) is 26.1.